The van der Waals surface area contributed by atoms with Gasteiger partial charge in [-0.15, -0.1) is 0 Å². The molecule has 6 nitrogen and oxygen atoms in total. The van der Waals surface area contributed by atoms with E-state index in [1.807, 2.05) is 53.4 Å². The molecule has 0 saturated heterocycles. The van der Waals surface area contributed by atoms with Crippen molar-refractivity contribution in [2.75, 3.05) is 14.2 Å². The summed E-state index contributed by atoms with van der Waals surface area (Å²) in [7, 11) is 3.30. The van der Waals surface area contributed by atoms with E-state index in [-0.39, 0.29) is 18.0 Å². The number of ether oxygens (including phenoxy) is 2. The molecule has 0 radical (unpaired) electrons. The molecule has 2 aromatic carbocycles. The van der Waals surface area contributed by atoms with Gasteiger partial charge in [-0.2, -0.15) is 5.10 Å². The Morgan fingerprint density at radius 1 is 1.03 bits per heavy atom. The van der Waals surface area contributed by atoms with Crippen LogP contribution in [-0.2, 0) is 0 Å². The number of benzene rings is 2. The van der Waals surface area contributed by atoms with Crippen molar-refractivity contribution in [2.45, 2.75) is 37.8 Å². The van der Waals surface area contributed by atoms with Crippen molar-refractivity contribution >= 4 is 5.91 Å². The molecule has 2 aliphatic rings. The minimum absolute atomic E-state index is 0.0226. The second kappa shape index (κ2) is 7.52. The molecule has 1 saturated carbocycles. The fourth-order valence-electron chi connectivity index (χ4n) is 4.89. The van der Waals surface area contributed by atoms with Gasteiger partial charge in [-0.1, -0.05) is 43.2 Å². The second-order valence-electron chi connectivity index (χ2n) is 7.89. The monoisotopic (exact) mass is 403 g/mol. The number of H-pyrrole nitrogens is 1. The molecule has 0 spiro atoms. The van der Waals surface area contributed by atoms with E-state index in [1.54, 1.807) is 14.2 Å². The fourth-order valence-corrected chi connectivity index (χ4v) is 4.89. The molecule has 1 N–H and O–H groups in total. The minimum Gasteiger partial charge on any atom is -0.497 e. The predicted octanol–water partition coefficient (Wildman–Crippen LogP) is 4.58. The first-order valence-corrected chi connectivity index (χ1v) is 10.4. The summed E-state index contributed by atoms with van der Waals surface area (Å²) in [6, 6.07) is 15.8. The number of nitrogens with zero attached hydrogens (tertiary/aromatic N) is 2. The van der Waals surface area contributed by atoms with Gasteiger partial charge in [0, 0.05) is 28.8 Å². The lowest BCUT2D eigenvalue weighted by Crippen LogP contribution is -2.37. The second-order valence-corrected chi connectivity index (χ2v) is 7.89. The van der Waals surface area contributed by atoms with Gasteiger partial charge >= 0.3 is 0 Å². The van der Waals surface area contributed by atoms with Gasteiger partial charge in [-0.3, -0.25) is 9.89 Å². The van der Waals surface area contributed by atoms with Crippen LogP contribution in [0.15, 0.2) is 48.5 Å². The Kier molecular flexibility index (Phi) is 4.69. The van der Waals surface area contributed by atoms with Crippen molar-refractivity contribution in [1.82, 2.24) is 15.1 Å². The van der Waals surface area contributed by atoms with Crippen molar-refractivity contribution in [3.05, 3.63) is 65.4 Å². The van der Waals surface area contributed by atoms with E-state index in [1.165, 1.54) is 0 Å². The van der Waals surface area contributed by atoms with Crippen molar-refractivity contribution in [3.8, 4) is 22.8 Å². The molecule has 1 aromatic heterocycles. The summed E-state index contributed by atoms with van der Waals surface area (Å²) in [5.41, 5.74) is 4.29. The maximum Gasteiger partial charge on any atom is 0.273 e. The van der Waals surface area contributed by atoms with E-state index in [0.717, 1.165) is 53.8 Å². The average Bonchev–Trinajstić information content (AvgIpc) is 3.52. The topological polar surface area (TPSA) is 67.5 Å². The number of fused-ring (bicyclic) bond motifs is 1. The van der Waals surface area contributed by atoms with E-state index in [0.29, 0.717) is 11.4 Å². The van der Waals surface area contributed by atoms with Crippen LogP contribution >= 0.6 is 0 Å². The Hall–Kier alpha value is -3.28. The largest absolute Gasteiger partial charge is 0.497 e. The summed E-state index contributed by atoms with van der Waals surface area (Å²) in [5.74, 6) is 1.46. The Labute approximate surface area is 175 Å². The number of carbonyl (C=O) groups excluding carboxylic acids is 1. The molecular weight excluding hydrogens is 378 g/mol. The van der Waals surface area contributed by atoms with Crippen LogP contribution in [0.3, 0.4) is 0 Å². The molecular formula is C24H25N3O3. The molecule has 1 unspecified atom stereocenters. The third kappa shape index (κ3) is 2.86. The lowest BCUT2D eigenvalue weighted by Gasteiger charge is -2.32. The third-order valence-electron chi connectivity index (χ3n) is 6.30. The highest BCUT2D eigenvalue weighted by molar-refractivity contribution is 6.00. The summed E-state index contributed by atoms with van der Waals surface area (Å²) >= 11 is 0. The third-order valence-corrected chi connectivity index (χ3v) is 6.30. The lowest BCUT2D eigenvalue weighted by molar-refractivity contribution is 0.0658. The molecule has 6 heteroatoms. The van der Waals surface area contributed by atoms with Crippen LogP contribution < -0.4 is 9.47 Å². The first-order chi connectivity index (χ1) is 14.7. The van der Waals surface area contributed by atoms with Gasteiger partial charge in [0.1, 0.15) is 17.2 Å². The zero-order chi connectivity index (χ0) is 20.7. The number of methoxy groups -OCH3 is 2. The van der Waals surface area contributed by atoms with Gasteiger partial charge in [0.15, 0.2) is 0 Å². The van der Waals surface area contributed by atoms with E-state index < -0.39 is 0 Å². The fraction of sp³-hybridized carbons (Fsp3) is 0.333. The van der Waals surface area contributed by atoms with Crippen LogP contribution in [0, 0.1) is 0 Å². The maximum atomic E-state index is 13.5. The minimum atomic E-state index is -0.245. The normalized spacial score (nSPS) is 18.7. The molecule has 1 aliphatic heterocycles. The molecule has 5 rings (SSSR count). The summed E-state index contributed by atoms with van der Waals surface area (Å²) in [6.45, 7) is 0. The van der Waals surface area contributed by atoms with Crippen molar-refractivity contribution < 1.29 is 14.3 Å². The van der Waals surface area contributed by atoms with Crippen LogP contribution in [0.1, 0.15) is 53.3 Å². The Morgan fingerprint density at radius 3 is 2.50 bits per heavy atom. The first kappa shape index (κ1) is 18.7. The highest BCUT2D eigenvalue weighted by atomic mass is 16.5. The van der Waals surface area contributed by atoms with Crippen molar-refractivity contribution in [1.29, 1.82) is 0 Å². The lowest BCUT2D eigenvalue weighted by atomic mass is 9.94. The summed E-state index contributed by atoms with van der Waals surface area (Å²) in [5, 5.41) is 7.59. The number of hydrogen-bond acceptors (Lipinski definition) is 4. The zero-order valence-electron chi connectivity index (χ0n) is 17.2. The number of nitrogens with one attached hydrogen (secondary N) is 1. The molecule has 2 heterocycles. The van der Waals surface area contributed by atoms with E-state index in [2.05, 4.69) is 10.2 Å². The molecule has 0 bridgehead atoms. The average molecular weight is 403 g/mol. The molecule has 1 aliphatic carbocycles. The summed E-state index contributed by atoms with van der Waals surface area (Å²) in [6.07, 6.45) is 4.36. The Morgan fingerprint density at radius 2 is 1.80 bits per heavy atom. The molecule has 1 amide bonds. The van der Waals surface area contributed by atoms with Gasteiger partial charge in [-0.05, 0) is 25.0 Å². The van der Waals surface area contributed by atoms with E-state index >= 15 is 0 Å². The molecule has 1 atom stereocenters. The smallest absolute Gasteiger partial charge is 0.273 e. The zero-order valence-corrected chi connectivity index (χ0v) is 17.2. The number of rotatable bonds is 5. The van der Waals surface area contributed by atoms with Crippen molar-refractivity contribution in [3.63, 3.8) is 0 Å². The van der Waals surface area contributed by atoms with Crippen LogP contribution in [0.4, 0.5) is 0 Å². The van der Waals surface area contributed by atoms with Gasteiger partial charge in [0.25, 0.3) is 5.91 Å². The maximum absolute atomic E-state index is 13.5. The SMILES string of the molecule is COc1ccc(C2c3c(-c4ccccc4)n[nH]c3C(=O)N2C2CCCC2)c(OC)c1. The Bertz CT molecular complexity index is 1070. The summed E-state index contributed by atoms with van der Waals surface area (Å²) < 4.78 is 11.1. The molecule has 154 valence electrons. The Balaban J connectivity index is 1.71. The number of amides is 1. The van der Waals surface area contributed by atoms with Crippen LogP contribution in [0.5, 0.6) is 11.5 Å². The standard InChI is InChI=1S/C24H25N3O3/c1-29-17-12-13-18(19(14-17)30-2)23-20-21(15-8-4-3-5-9-15)25-26-22(20)24(28)27(23)16-10-6-7-11-16/h3-5,8-9,12-14,16,23H,6-7,10-11H2,1-2H3,(H,25,26). The van der Waals surface area contributed by atoms with Crippen molar-refractivity contribution in [2.24, 2.45) is 0 Å². The van der Waals surface area contributed by atoms with Gasteiger partial charge in [-0.25, -0.2) is 0 Å². The highest BCUT2D eigenvalue weighted by Crippen LogP contribution is 2.48. The number of aromatic amines is 1. The number of carbonyl (C=O) groups is 1. The molecule has 30 heavy (non-hydrogen) atoms. The molecule has 3 aromatic rings. The summed E-state index contributed by atoms with van der Waals surface area (Å²) in [4.78, 5) is 15.6. The van der Waals surface area contributed by atoms with Gasteiger partial charge < -0.3 is 14.4 Å². The quantitative estimate of drug-likeness (QED) is 0.677. The van der Waals surface area contributed by atoms with E-state index in [4.69, 9.17) is 9.47 Å². The highest BCUT2D eigenvalue weighted by Gasteiger charge is 2.46. The van der Waals surface area contributed by atoms with Crippen LogP contribution in [0.25, 0.3) is 11.3 Å². The number of hydrogen-bond donors (Lipinski definition) is 1. The van der Waals surface area contributed by atoms with Crippen LogP contribution in [-0.4, -0.2) is 41.3 Å². The predicted molar refractivity (Wildman–Crippen MR) is 114 cm³/mol. The van der Waals surface area contributed by atoms with Gasteiger partial charge in [0.2, 0.25) is 0 Å². The van der Waals surface area contributed by atoms with Gasteiger partial charge in [0.05, 0.1) is 26.0 Å². The first-order valence-electron chi connectivity index (χ1n) is 10.4. The van der Waals surface area contributed by atoms with Crippen LogP contribution in [0.2, 0.25) is 0 Å². The molecule has 1 fully saturated rings. The number of aromatic nitrogens is 2. The van der Waals surface area contributed by atoms with E-state index in [9.17, 15) is 4.79 Å².